The lowest BCUT2D eigenvalue weighted by molar-refractivity contribution is -0.144. The Kier molecular flexibility index (Phi) is 7.12. The molecule has 35 heavy (non-hydrogen) atoms. The summed E-state index contributed by atoms with van der Waals surface area (Å²) in [6.07, 6.45) is 2.45. The number of hydrogen-bond acceptors (Lipinski definition) is 5. The third-order valence-corrected chi connectivity index (χ3v) is 6.53. The van der Waals surface area contributed by atoms with E-state index in [9.17, 15) is 19.5 Å². The van der Waals surface area contributed by atoms with Gasteiger partial charge in [0, 0.05) is 6.54 Å². The fourth-order valence-electron chi connectivity index (χ4n) is 4.88. The number of likely N-dealkylation sites (tertiary alicyclic amines) is 1. The van der Waals surface area contributed by atoms with E-state index in [1.54, 1.807) is 39.0 Å². The van der Waals surface area contributed by atoms with E-state index in [1.807, 2.05) is 30.3 Å². The Hall–Kier alpha value is -3.39. The van der Waals surface area contributed by atoms with Gasteiger partial charge in [-0.2, -0.15) is 0 Å². The van der Waals surface area contributed by atoms with E-state index in [0.717, 1.165) is 25.2 Å². The number of nitrogens with one attached hydrogen (secondary N) is 1. The van der Waals surface area contributed by atoms with Crippen LogP contribution < -0.4 is 11.1 Å². The highest BCUT2D eigenvalue weighted by Crippen LogP contribution is 2.32. The smallest absolute Gasteiger partial charge is 0.420 e. The van der Waals surface area contributed by atoms with Crippen LogP contribution in [-0.4, -0.2) is 46.1 Å². The van der Waals surface area contributed by atoms with E-state index in [2.05, 4.69) is 10.2 Å². The van der Waals surface area contributed by atoms with Crippen LogP contribution in [0, 0.1) is 5.41 Å². The van der Waals surface area contributed by atoms with Crippen molar-refractivity contribution in [2.45, 2.75) is 52.1 Å². The molecule has 1 saturated heterocycles. The highest BCUT2D eigenvalue weighted by Gasteiger charge is 2.36. The predicted octanol–water partition coefficient (Wildman–Crippen LogP) is 3.76. The summed E-state index contributed by atoms with van der Waals surface area (Å²) < 4.78 is 6.50. The van der Waals surface area contributed by atoms with Gasteiger partial charge in [-0.25, -0.2) is 9.59 Å². The van der Waals surface area contributed by atoms with Crippen LogP contribution >= 0.6 is 0 Å². The maximum Gasteiger partial charge on any atom is 0.420 e. The zero-order valence-electron chi connectivity index (χ0n) is 20.5. The van der Waals surface area contributed by atoms with Gasteiger partial charge in [-0.05, 0) is 54.6 Å². The van der Waals surface area contributed by atoms with Gasteiger partial charge in [-0.3, -0.25) is 9.36 Å². The first-order valence-electron chi connectivity index (χ1n) is 12.1. The molecular formula is C27H33N3O5. The van der Waals surface area contributed by atoms with Crippen LogP contribution in [0.2, 0.25) is 0 Å². The molecule has 1 aliphatic heterocycles. The minimum absolute atomic E-state index is 0.103. The number of fused-ring (bicyclic) bond motifs is 1. The zero-order valence-corrected chi connectivity index (χ0v) is 20.5. The van der Waals surface area contributed by atoms with Gasteiger partial charge >= 0.3 is 11.7 Å². The first kappa shape index (κ1) is 24.7. The molecule has 1 aliphatic rings. The number of carboxylic acid groups (broad SMARTS) is 1. The Morgan fingerprint density at radius 3 is 2.40 bits per heavy atom. The summed E-state index contributed by atoms with van der Waals surface area (Å²) in [5.74, 6) is -1.97. The van der Waals surface area contributed by atoms with Crippen molar-refractivity contribution in [3.05, 3.63) is 70.2 Å². The third kappa shape index (κ3) is 5.65. The first-order chi connectivity index (χ1) is 16.6. The molecule has 8 nitrogen and oxygen atoms in total. The van der Waals surface area contributed by atoms with Gasteiger partial charge in [-0.1, -0.05) is 57.2 Å². The Bertz CT molecular complexity index is 1250. The molecule has 1 fully saturated rings. The molecule has 2 atom stereocenters. The topological polar surface area (TPSA) is 105 Å². The van der Waals surface area contributed by atoms with Crippen LogP contribution in [0.4, 0.5) is 0 Å². The van der Waals surface area contributed by atoms with Crippen molar-refractivity contribution in [3.63, 3.8) is 0 Å². The molecule has 0 bridgehead atoms. The molecule has 1 unspecified atom stereocenters. The number of hydrogen-bond donors (Lipinski definition) is 2. The molecule has 0 spiro atoms. The number of carbonyl (C=O) groups is 2. The van der Waals surface area contributed by atoms with E-state index < -0.39 is 23.2 Å². The number of oxazole rings is 1. The van der Waals surface area contributed by atoms with Crippen LogP contribution in [-0.2, 0) is 16.0 Å². The fourth-order valence-corrected chi connectivity index (χ4v) is 4.88. The average molecular weight is 480 g/mol. The van der Waals surface area contributed by atoms with Crippen LogP contribution in [0.3, 0.4) is 0 Å². The number of carbonyl (C=O) groups excluding carboxylic acids is 1. The molecule has 2 heterocycles. The second kappa shape index (κ2) is 10.1. The zero-order chi connectivity index (χ0) is 25.2. The lowest BCUT2D eigenvalue weighted by Gasteiger charge is -2.27. The molecule has 0 radical (unpaired) electrons. The molecule has 1 amide bonds. The largest absolute Gasteiger partial charge is 0.480 e. The monoisotopic (exact) mass is 479 g/mol. The molecule has 0 saturated carbocycles. The number of aromatic nitrogens is 1. The Morgan fingerprint density at radius 2 is 1.77 bits per heavy atom. The van der Waals surface area contributed by atoms with Crippen molar-refractivity contribution in [2.24, 2.45) is 5.41 Å². The van der Waals surface area contributed by atoms with Crippen molar-refractivity contribution in [2.75, 3.05) is 19.6 Å². The van der Waals surface area contributed by atoms with Crippen LogP contribution in [0.25, 0.3) is 11.1 Å². The second-order valence-electron chi connectivity index (χ2n) is 10.4. The highest BCUT2D eigenvalue weighted by atomic mass is 16.4. The number of nitrogens with zero attached hydrogens (tertiary/aromatic N) is 2. The number of amides is 1. The number of carboxylic acids is 1. The van der Waals surface area contributed by atoms with Crippen LogP contribution in [0.15, 0.2) is 57.7 Å². The lowest BCUT2D eigenvalue weighted by Crippen LogP contribution is -2.37. The molecule has 8 heteroatoms. The lowest BCUT2D eigenvalue weighted by atomic mass is 9.86. The standard InChI is InChI=1S/C27H33N3O5/c1-27(2,3)24(25(32)33)30-21-15-18(11-12-22(21)35-26(30)34)16-23(31)28-20(17-29-13-7-8-14-29)19-9-5-4-6-10-19/h4-6,9-12,15,20,24H,7-8,13-14,16-17H2,1-3H3,(H,28,31)(H,32,33)/t20?,24-/m1/s1. The predicted molar refractivity (Wildman–Crippen MR) is 133 cm³/mol. The maximum atomic E-state index is 13.1. The number of rotatable bonds is 8. The van der Waals surface area contributed by atoms with Crippen molar-refractivity contribution >= 4 is 23.0 Å². The first-order valence-corrected chi connectivity index (χ1v) is 12.1. The minimum Gasteiger partial charge on any atom is -0.480 e. The molecule has 2 N–H and O–H groups in total. The number of aliphatic carboxylic acids is 1. The Balaban J connectivity index is 1.58. The molecule has 4 rings (SSSR count). The van der Waals surface area contributed by atoms with E-state index in [0.29, 0.717) is 16.7 Å². The summed E-state index contributed by atoms with van der Waals surface area (Å²) in [6.45, 7) is 8.11. The van der Waals surface area contributed by atoms with Crippen molar-refractivity contribution in [1.29, 1.82) is 0 Å². The van der Waals surface area contributed by atoms with Crippen molar-refractivity contribution in [3.8, 4) is 0 Å². The van der Waals surface area contributed by atoms with Gasteiger partial charge in [-0.15, -0.1) is 0 Å². The van der Waals surface area contributed by atoms with E-state index >= 15 is 0 Å². The summed E-state index contributed by atoms with van der Waals surface area (Å²) in [5.41, 5.74) is 1.68. The minimum atomic E-state index is -1.11. The molecule has 186 valence electrons. The highest BCUT2D eigenvalue weighted by molar-refractivity contribution is 5.83. The number of benzene rings is 2. The van der Waals surface area contributed by atoms with E-state index in [-0.39, 0.29) is 18.4 Å². The van der Waals surface area contributed by atoms with Gasteiger partial charge < -0.3 is 19.7 Å². The van der Waals surface area contributed by atoms with Gasteiger partial charge in [0.15, 0.2) is 5.58 Å². The van der Waals surface area contributed by atoms with Gasteiger partial charge in [0.1, 0.15) is 6.04 Å². The maximum absolute atomic E-state index is 13.1. The van der Waals surface area contributed by atoms with Crippen LogP contribution in [0.5, 0.6) is 0 Å². The summed E-state index contributed by atoms with van der Waals surface area (Å²) >= 11 is 0. The SMILES string of the molecule is CC(C)(C)[C@@H](C(=O)O)n1c(=O)oc2ccc(CC(=O)NC(CN3CCCC3)c3ccccc3)cc21. The van der Waals surface area contributed by atoms with Gasteiger partial charge in [0.05, 0.1) is 18.0 Å². The summed E-state index contributed by atoms with van der Waals surface area (Å²) in [6, 6.07) is 13.7. The van der Waals surface area contributed by atoms with Crippen molar-refractivity contribution in [1.82, 2.24) is 14.8 Å². The summed E-state index contributed by atoms with van der Waals surface area (Å²) in [4.78, 5) is 40.1. The summed E-state index contributed by atoms with van der Waals surface area (Å²) in [7, 11) is 0. The van der Waals surface area contributed by atoms with Gasteiger partial charge in [0.2, 0.25) is 5.91 Å². The van der Waals surface area contributed by atoms with E-state index in [4.69, 9.17) is 4.42 Å². The Labute approximate surface area is 204 Å². The quantitative estimate of drug-likeness (QED) is 0.510. The molecule has 2 aromatic carbocycles. The van der Waals surface area contributed by atoms with E-state index in [1.165, 1.54) is 17.4 Å². The molecule has 1 aromatic heterocycles. The fraction of sp³-hybridized carbons (Fsp3) is 0.444. The third-order valence-electron chi connectivity index (χ3n) is 6.53. The van der Waals surface area contributed by atoms with Crippen LogP contribution in [0.1, 0.15) is 56.8 Å². The van der Waals surface area contributed by atoms with Crippen molar-refractivity contribution < 1.29 is 19.1 Å². The Morgan fingerprint density at radius 1 is 1.09 bits per heavy atom. The van der Waals surface area contributed by atoms with Gasteiger partial charge in [0.25, 0.3) is 0 Å². The molecule has 0 aliphatic carbocycles. The second-order valence-corrected chi connectivity index (χ2v) is 10.4. The molecule has 3 aromatic rings. The normalized spacial score (nSPS) is 16.3. The summed E-state index contributed by atoms with van der Waals surface area (Å²) in [5, 5.41) is 13.0. The molecular weight excluding hydrogens is 446 g/mol. The average Bonchev–Trinajstić information content (AvgIpc) is 3.41.